The van der Waals surface area contributed by atoms with Gasteiger partial charge in [-0.2, -0.15) is 0 Å². The van der Waals surface area contributed by atoms with E-state index < -0.39 is 6.23 Å². The van der Waals surface area contributed by atoms with Crippen LogP contribution in [0.2, 0.25) is 5.02 Å². The number of rotatable bonds is 10. The second-order valence-electron chi connectivity index (χ2n) is 9.90. The van der Waals surface area contributed by atoms with E-state index in [1.807, 2.05) is 31.2 Å². The first-order chi connectivity index (χ1) is 17.5. The van der Waals surface area contributed by atoms with Gasteiger partial charge in [0.2, 0.25) is 0 Å². The first-order valence-electron chi connectivity index (χ1n) is 13.2. The lowest BCUT2D eigenvalue weighted by molar-refractivity contribution is 0.182. The van der Waals surface area contributed by atoms with Crippen LogP contribution in [0, 0.1) is 12.8 Å². The SMILES string of the molecule is C/C=C\C(/N=C(\CCC)C1CCCNC1)Nc1cc(NC(O)C2Cc3cc(Cl)ccc3N2)ccc1C. The summed E-state index contributed by atoms with van der Waals surface area (Å²) in [7, 11) is 0. The van der Waals surface area contributed by atoms with Crippen molar-refractivity contribution >= 4 is 34.4 Å². The molecular weight excluding hydrogens is 470 g/mol. The van der Waals surface area contributed by atoms with E-state index in [0.29, 0.717) is 10.9 Å². The molecule has 4 rings (SSSR count). The van der Waals surface area contributed by atoms with Gasteiger partial charge in [-0.05, 0) is 93.6 Å². The molecule has 0 radical (unpaired) electrons. The van der Waals surface area contributed by atoms with Gasteiger partial charge in [0, 0.05) is 40.3 Å². The first kappa shape index (κ1) is 26.5. The number of benzene rings is 2. The number of halogens is 1. The molecule has 194 valence electrons. The minimum absolute atomic E-state index is 0.128. The van der Waals surface area contributed by atoms with Crippen LogP contribution in [0.5, 0.6) is 0 Å². The quantitative estimate of drug-likeness (QED) is 0.155. The summed E-state index contributed by atoms with van der Waals surface area (Å²) in [5, 5.41) is 25.5. The van der Waals surface area contributed by atoms with Crippen LogP contribution < -0.4 is 21.3 Å². The van der Waals surface area contributed by atoms with Crippen molar-refractivity contribution in [2.75, 3.05) is 29.0 Å². The molecule has 2 aromatic rings. The van der Waals surface area contributed by atoms with Gasteiger partial charge >= 0.3 is 0 Å². The third-order valence-electron chi connectivity index (χ3n) is 7.04. The van der Waals surface area contributed by atoms with Crippen LogP contribution in [-0.2, 0) is 6.42 Å². The van der Waals surface area contributed by atoms with Crippen LogP contribution in [0.1, 0.15) is 50.7 Å². The molecule has 2 heterocycles. The number of anilines is 3. The number of nitrogens with one attached hydrogen (secondary N) is 4. The maximum Gasteiger partial charge on any atom is 0.145 e. The molecule has 1 fully saturated rings. The van der Waals surface area contributed by atoms with E-state index in [-0.39, 0.29) is 12.2 Å². The Morgan fingerprint density at radius 3 is 2.86 bits per heavy atom. The topological polar surface area (TPSA) is 80.7 Å². The average Bonchev–Trinajstić information content (AvgIpc) is 3.30. The van der Waals surface area contributed by atoms with Gasteiger partial charge in [-0.25, -0.2) is 0 Å². The fourth-order valence-corrected chi connectivity index (χ4v) is 5.29. The van der Waals surface area contributed by atoms with Gasteiger partial charge in [0.25, 0.3) is 0 Å². The van der Waals surface area contributed by atoms with Crippen molar-refractivity contribution in [1.82, 2.24) is 5.32 Å². The number of aliphatic hydroxyl groups is 1. The molecule has 7 heteroatoms. The Labute approximate surface area is 220 Å². The minimum atomic E-state index is -0.744. The molecule has 36 heavy (non-hydrogen) atoms. The fraction of sp³-hybridized carbons (Fsp3) is 0.483. The summed E-state index contributed by atoms with van der Waals surface area (Å²) in [4.78, 5) is 5.19. The average molecular weight is 510 g/mol. The van der Waals surface area contributed by atoms with Crippen molar-refractivity contribution in [2.45, 2.75) is 71.3 Å². The molecule has 5 N–H and O–H groups in total. The summed E-state index contributed by atoms with van der Waals surface area (Å²) in [6.45, 7) is 8.47. The number of piperidine rings is 1. The Morgan fingerprint density at radius 1 is 1.25 bits per heavy atom. The zero-order chi connectivity index (χ0) is 25.5. The number of aliphatic hydroxyl groups excluding tert-OH is 1. The van der Waals surface area contributed by atoms with Crippen molar-refractivity contribution in [3.8, 4) is 0 Å². The summed E-state index contributed by atoms with van der Waals surface area (Å²) in [6, 6.07) is 11.8. The van der Waals surface area contributed by atoms with Gasteiger partial charge in [0.1, 0.15) is 12.4 Å². The van der Waals surface area contributed by atoms with E-state index in [1.165, 1.54) is 18.6 Å². The first-order valence-corrected chi connectivity index (χ1v) is 13.6. The Morgan fingerprint density at radius 2 is 2.11 bits per heavy atom. The molecule has 0 saturated carbocycles. The second kappa shape index (κ2) is 12.6. The highest BCUT2D eigenvalue weighted by molar-refractivity contribution is 6.30. The number of aliphatic imine (C=N–C) groups is 1. The van der Waals surface area contributed by atoms with Crippen molar-refractivity contribution < 1.29 is 5.11 Å². The molecule has 0 aromatic heterocycles. The molecule has 0 aliphatic carbocycles. The van der Waals surface area contributed by atoms with Crippen LogP contribution in [0.25, 0.3) is 0 Å². The number of fused-ring (bicyclic) bond motifs is 1. The molecule has 0 amide bonds. The van der Waals surface area contributed by atoms with Crippen molar-refractivity contribution in [3.05, 3.63) is 64.7 Å². The lowest BCUT2D eigenvalue weighted by atomic mass is 9.92. The highest BCUT2D eigenvalue weighted by atomic mass is 35.5. The highest BCUT2D eigenvalue weighted by Crippen LogP contribution is 2.30. The largest absolute Gasteiger partial charge is 0.377 e. The molecule has 0 bridgehead atoms. The number of allylic oxidation sites excluding steroid dienone is 1. The second-order valence-corrected chi connectivity index (χ2v) is 10.3. The number of hydrogen-bond donors (Lipinski definition) is 5. The maximum absolute atomic E-state index is 10.9. The molecule has 6 nitrogen and oxygen atoms in total. The van der Waals surface area contributed by atoms with Crippen LogP contribution in [0.4, 0.5) is 17.1 Å². The Bertz CT molecular complexity index is 1080. The number of hydrogen-bond acceptors (Lipinski definition) is 6. The summed E-state index contributed by atoms with van der Waals surface area (Å²) < 4.78 is 0. The predicted octanol–water partition coefficient (Wildman–Crippen LogP) is 5.97. The smallest absolute Gasteiger partial charge is 0.145 e. The molecule has 2 aliphatic heterocycles. The van der Waals surface area contributed by atoms with E-state index in [2.05, 4.69) is 59.4 Å². The van der Waals surface area contributed by atoms with Crippen LogP contribution in [-0.4, -0.2) is 42.3 Å². The fourth-order valence-electron chi connectivity index (χ4n) is 5.10. The predicted molar refractivity (Wildman–Crippen MR) is 154 cm³/mol. The normalized spacial score (nSPS) is 21.6. The van der Waals surface area contributed by atoms with Gasteiger partial charge in [0.05, 0.1) is 6.04 Å². The van der Waals surface area contributed by atoms with Crippen LogP contribution in [0.15, 0.2) is 53.5 Å². The molecular formula is C29H40ClN5O. The lowest BCUT2D eigenvalue weighted by Crippen LogP contribution is -2.37. The zero-order valence-corrected chi connectivity index (χ0v) is 22.4. The summed E-state index contributed by atoms with van der Waals surface area (Å²) >= 11 is 6.14. The monoisotopic (exact) mass is 509 g/mol. The van der Waals surface area contributed by atoms with E-state index in [0.717, 1.165) is 60.5 Å². The minimum Gasteiger partial charge on any atom is -0.377 e. The van der Waals surface area contributed by atoms with E-state index in [9.17, 15) is 5.11 Å². The highest BCUT2D eigenvalue weighted by Gasteiger charge is 2.27. The van der Waals surface area contributed by atoms with E-state index in [1.54, 1.807) is 0 Å². The Balaban J connectivity index is 1.46. The van der Waals surface area contributed by atoms with Gasteiger partial charge < -0.3 is 26.4 Å². The summed E-state index contributed by atoms with van der Waals surface area (Å²) in [5.41, 5.74) is 6.46. The van der Waals surface area contributed by atoms with Crippen molar-refractivity contribution in [3.63, 3.8) is 0 Å². The third-order valence-corrected chi connectivity index (χ3v) is 7.27. The van der Waals surface area contributed by atoms with Crippen molar-refractivity contribution in [1.29, 1.82) is 0 Å². The number of nitrogens with zero attached hydrogens (tertiary/aromatic N) is 1. The van der Waals surface area contributed by atoms with Crippen LogP contribution in [0.3, 0.4) is 0 Å². The Kier molecular flexibility index (Phi) is 9.30. The van der Waals surface area contributed by atoms with Gasteiger partial charge in [-0.3, -0.25) is 4.99 Å². The maximum atomic E-state index is 10.9. The molecule has 1 saturated heterocycles. The molecule has 4 atom stereocenters. The summed E-state index contributed by atoms with van der Waals surface area (Å²) in [6.07, 6.45) is 8.55. The number of aryl methyl sites for hydroxylation is 1. The third kappa shape index (κ3) is 6.81. The zero-order valence-electron chi connectivity index (χ0n) is 21.7. The van der Waals surface area contributed by atoms with Gasteiger partial charge in [-0.1, -0.05) is 37.1 Å². The van der Waals surface area contributed by atoms with Gasteiger partial charge in [0.15, 0.2) is 0 Å². The molecule has 0 spiro atoms. The van der Waals surface area contributed by atoms with Crippen molar-refractivity contribution in [2.24, 2.45) is 10.9 Å². The van der Waals surface area contributed by atoms with Crippen LogP contribution >= 0.6 is 11.6 Å². The van der Waals surface area contributed by atoms with E-state index in [4.69, 9.17) is 16.6 Å². The molecule has 2 aliphatic rings. The van der Waals surface area contributed by atoms with E-state index >= 15 is 0 Å². The molecule has 4 unspecified atom stereocenters. The Hall–Kier alpha value is -2.54. The standard InChI is InChI=1S/C29H40ClN5O/c1-4-7-24(20-9-6-14-31-18-20)34-28(8-5-2)35-26-17-23(12-10-19(26)3)32-29(36)27-16-21-15-22(30)11-13-25(21)33-27/h5,8,10-13,15,17,20,27-29,31-33,35-36H,4,6-7,9,14,16,18H2,1-3H3/b8-5-,34-24+. The van der Waals surface area contributed by atoms with Gasteiger partial charge in [-0.15, -0.1) is 0 Å². The summed E-state index contributed by atoms with van der Waals surface area (Å²) in [5.74, 6) is 0.510. The lowest BCUT2D eigenvalue weighted by Gasteiger charge is -2.26. The molecule has 2 aromatic carbocycles.